The monoisotopic (exact) mass is 440 g/mol. The van der Waals surface area contributed by atoms with Gasteiger partial charge in [-0.1, -0.05) is 24.3 Å². The summed E-state index contributed by atoms with van der Waals surface area (Å²) in [7, 11) is 0. The zero-order chi connectivity index (χ0) is 22.6. The molecule has 168 valence electrons. The first-order valence-electron chi connectivity index (χ1n) is 9.92. The lowest BCUT2D eigenvalue weighted by Crippen LogP contribution is -2.54. The van der Waals surface area contributed by atoms with Gasteiger partial charge in [-0.05, 0) is 31.9 Å². The van der Waals surface area contributed by atoms with E-state index in [0.29, 0.717) is 25.5 Å². The third-order valence-electron chi connectivity index (χ3n) is 5.24. The first-order valence-corrected chi connectivity index (χ1v) is 9.92. The van der Waals surface area contributed by atoms with Crippen LogP contribution in [0.15, 0.2) is 36.4 Å². The van der Waals surface area contributed by atoms with Gasteiger partial charge in [0.1, 0.15) is 11.8 Å². The van der Waals surface area contributed by atoms with Crippen LogP contribution in [0.3, 0.4) is 0 Å². The molecule has 1 amide bonds. The van der Waals surface area contributed by atoms with Crippen LogP contribution in [0.5, 0.6) is 0 Å². The highest BCUT2D eigenvalue weighted by Crippen LogP contribution is 2.33. The molecule has 1 saturated heterocycles. The van der Waals surface area contributed by atoms with E-state index in [2.05, 4.69) is 4.98 Å². The first-order chi connectivity index (χ1) is 14.7. The van der Waals surface area contributed by atoms with Crippen molar-refractivity contribution in [1.29, 1.82) is 0 Å². The van der Waals surface area contributed by atoms with E-state index < -0.39 is 12.1 Å². The number of carbonyl (C=O) groups excluding carboxylic acids is 1. The topological polar surface area (TPSA) is 89.0 Å². The standard InChI is InChI=1S/C19H22N2O3.C2HF3O2/c1-2-23-17-10-9-16-18(17)24-12-11-21(16)19(22)15-8-7-13-5-3-4-6-14(13)20-15;3-2(4,5)1(6)7/h3-8,16-18H,2,9-12H2,1H3;(H,6,7)/t16-,17+,18+;/m0./s1. The molecule has 31 heavy (non-hydrogen) atoms. The van der Waals surface area contributed by atoms with E-state index in [1.54, 1.807) is 0 Å². The molecule has 1 aliphatic carbocycles. The number of nitrogens with zero attached hydrogens (tertiary/aromatic N) is 2. The van der Waals surface area contributed by atoms with Gasteiger partial charge < -0.3 is 19.5 Å². The van der Waals surface area contributed by atoms with Gasteiger partial charge in [0, 0.05) is 18.5 Å². The summed E-state index contributed by atoms with van der Waals surface area (Å²) < 4.78 is 43.4. The molecule has 1 aromatic heterocycles. The number of morpholine rings is 1. The summed E-state index contributed by atoms with van der Waals surface area (Å²) in [5.74, 6) is -2.76. The molecule has 3 atom stereocenters. The molecule has 7 nitrogen and oxygen atoms in total. The van der Waals surface area contributed by atoms with Crippen molar-refractivity contribution in [1.82, 2.24) is 9.88 Å². The van der Waals surface area contributed by atoms with Crippen molar-refractivity contribution in [2.75, 3.05) is 19.8 Å². The Hall–Kier alpha value is -2.72. The fourth-order valence-electron chi connectivity index (χ4n) is 3.89. The number of alkyl halides is 3. The van der Waals surface area contributed by atoms with Crippen LogP contribution in [-0.4, -0.2) is 71.1 Å². The van der Waals surface area contributed by atoms with Crippen molar-refractivity contribution in [2.45, 2.75) is 44.2 Å². The molecule has 1 aliphatic heterocycles. The summed E-state index contributed by atoms with van der Waals surface area (Å²) in [4.78, 5) is 28.4. The van der Waals surface area contributed by atoms with E-state index >= 15 is 0 Å². The molecule has 2 heterocycles. The van der Waals surface area contributed by atoms with Crippen LogP contribution in [0.1, 0.15) is 30.3 Å². The molecule has 2 fully saturated rings. The average molecular weight is 440 g/mol. The lowest BCUT2D eigenvalue weighted by Gasteiger charge is -2.38. The normalized spacial score (nSPS) is 23.1. The number of carbonyl (C=O) groups is 2. The summed E-state index contributed by atoms with van der Waals surface area (Å²) in [6.45, 7) is 3.85. The zero-order valence-corrected chi connectivity index (χ0v) is 16.8. The summed E-state index contributed by atoms with van der Waals surface area (Å²) in [5.41, 5.74) is 1.36. The summed E-state index contributed by atoms with van der Waals surface area (Å²) >= 11 is 0. The first kappa shape index (κ1) is 23.0. The van der Waals surface area contributed by atoms with Crippen LogP contribution in [0, 0.1) is 0 Å². The maximum atomic E-state index is 13.0. The van der Waals surface area contributed by atoms with Gasteiger partial charge in [0.05, 0.1) is 24.3 Å². The minimum Gasteiger partial charge on any atom is -0.475 e. The van der Waals surface area contributed by atoms with Crippen LogP contribution in [0.25, 0.3) is 10.9 Å². The number of pyridine rings is 1. The number of para-hydroxylation sites is 1. The molecule has 4 rings (SSSR count). The number of benzene rings is 1. The van der Waals surface area contributed by atoms with Crippen molar-refractivity contribution in [3.8, 4) is 0 Å². The van der Waals surface area contributed by atoms with E-state index in [9.17, 15) is 18.0 Å². The van der Waals surface area contributed by atoms with Crippen LogP contribution < -0.4 is 0 Å². The number of halogens is 3. The van der Waals surface area contributed by atoms with Crippen molar-refractivity contribution in [3.63, 3.8) is 0 Å². The summed E-state index contributed by atoms with van der Waals surface area (Å²) in [6.07, 6.45) is -3.13. The number of rotatable bonds is 3. The van der Waals surface area contributed by atoms with Crippen LogP contribution in [0.2, 0.25) is 0 Å². The predicted molar refractivity (Wildman–Crippen MR) is 105 cm³/mol. The number of aromatic nitrogens is 1. The molecule has 0 unspecified atom stereocenters. The largest absolute Gasteiger partial charge is 0.490 e. The van der Waals surface area contributed by atoms with Gasteiger partial charge in [-0.3, -0.25) is 4.79 Å². The minimum atomic E-state index is -5.08. The molecule has 0 bridgehead atoms. The number of carboxylic acids is 1. The predicted octanol–water partition coefficient (Wildman–Crippen LogP) is 3.28. The number of aliphatic carboxylic acids is 1. The molecule has 1 N–H and O–H groups in total. The Labute approximate surface area is 176 Å². The van der Waals surface area contributed by atoms with Crippen LogP contribution in [-0.2, 0) is 14.3 Å². The molecule has 1 aromatic carbocycles. The second-order valence-corrected chi connectivity index (χ2v) is 7.16. The highest BCUT2D eigenvalue weighted by Gasteiger charge is 2.45. The summed E-state index contributed by atoms with van der Waals surface area (Å²) in [6, 6.07) is 11.7. The van der Waals surface area contributed by atoms with Gasteiger partial charge in [-0.15, -0.1) is 0 Å². The van der Waals surface area contributed by atoms with Crippen molar-refractivity contribution in [2.24, 2.45) is 0 Å². The Morgan fingerprint density at radius 2 is 1.94 bits per heavy atom. The Morgan fingerprint density at radius 3 is 2.61 bits per heavy atom. The number of fused-ring (bicyclic) bond motifs is 2. The van der Waals surface area contributed by atoms with Gasteiger partial charge in [-0.25, -0.2) is 9.78 Å². The van der Waals surface area contributed by atoms with Gasteiger partial charge in [-0.2, -0.15) is 13.2 Å². The molecule has 10 heteroatoms. The Morgan fingerprint density at radius 1 is 1.23 bits per heavy atom. The fourth-order valence-corrected chi connectivity index (χ4v) is 3.89. The Bertz CT molecular complexity index is 937. The third kappa shape index (κ3) is 5.31. The van der Waals surface area contributed by atoms with E-state index in [0.717, 1.165) is 23.7 Å². The molecule has 0 spiro atoms. The van der Waals surface area contributed by atoms with Crippen molar-refractivity contribution < 1.29 is 37.3 Å². The van der Waals surface area contributed by atoms with Gasteiger partial charge in [0.25, 0.3) is 5.91 Å². The highest BCUT2D eigenvalue weighted by atomic mass is 19.4. The summed E-state index contributed by atoms with van der Waals surface area (Å²) in [5, 5.41) is 8.17. The smallest absolute Gasteiger partial charge is 0.475 e. The molecule has 0 radical (unpaired) electrons. The van der Waals surface area contributed by atoms with Crippen molar-refractivity contribution >= 4 is 22.8 Å². The quantitative estimate of drug-likeness (QED) is 0.788. The maximum absolute atomic E-state index is 13.0. The highest BCUT2D eigenvalue weighted by molar-refractivity contribution is 5.95. The lowest BCUT2D eigenvalue weighted by atomic mass is 10.1. The van der Waals surface area contributed by atoms with E-state index in [4.69, 9.17) is 19.4 Å². The third-order valence-corrected chi connectivity index (χ3v) is 5.24. The number of hydrogen-bond donors (Lipinski definition) is 1. The van der Waals surface area contributed by atoms with E-state index in [1.165, 1.54) is 0 Å². The zero-order valence-electron chi connectivity index (χ0n) is 16.8. The number of amides is 1. The van der Waals surface area contributed by atoms with Crippen molar-refractivity contribution in [3.05, 3.63) is 42.1 Å². The number of hydrogen-bond acceptors (Lipinski definition) is 5. The number of carboxylic acid groups (broad SMARTS) is 1. The molecular weight excluding hydrogens is 417 g/mol. The SMILES string of the molecule is CCO[C@@H]1CC[C@H]2[C@H]1OCCN2C(=O)c1ccc2ccccc2n1.O=C(O)C(F)(F)F. The average Bonchev–Trinajstić information content (AvgIpc) is 3.16. The van der Waals surface area contributed by atoms with E-state index in [-0.39, 0.29) is 24.2 Å². The van der Waals surface area contributed by atoms with Gasteiger partial charge in [0.2, 0.25) is 0 Å². The molecule has 2 aromatic rings. The lowest BCUT2D eigenvalue weighted by molar-refractivity contribution is -0.192. The van der Waals surface area contributed by atoms with Crippen LogP contribution >= 0.6 is 0 Å². The Kier molecular flexibility index (Phi) is 7.11. The minimum absolute atomic E-state index is 0.00352. The van der Waals surface area contributed by atoms with Gasteiger partial charge in [0.15, 0.2) is 0 Å². The number of ether oxygens (including phenoxy) is 2. The maximum Gasteiger partial charge on any atom is 0.490 e. The second-order valence-electron chi connectivity index (χ2n) is 7.16. The fraction of sp³-hybridized carbons (Fsp3) is 0.476. The molecule has 1 saturated carbocycles. The van der Waals surface area contributed by atoms with E-state index in [1.807, 2.05) is 48.2 Å². The van der Waals surface area contributed by atoms with Gasteiger partial charge >= 0.3 is 12.1 Å². The second kappa shape index (κ2) is 9.61. The Balaban J connectivity index is 0.000000339. The van der Waals surface area contributed by atoms with Crippen LogP contribution in [0.4, 0.5) is 13.2 Å². The molecular formula is C21H23F3N2O5. The molecule has 2 aliphatic rings.